The smallest absolute Gasteiger partial charge is 0.337 e. The van der Waals surface area contributed by atoms with Gasteiger partial charge >= 0.3 is 11.7 Å². The van der Waals surface area contributed by atoms with Crippen LogP contribution in [-0.4, -0.2) is 34.7 Å². The van der Waals surface area contributed by atoms with Gasteiger partial charge in [-0.25, -0.2) is 19.6 Å². The quantitative estimate of drug-likeness (QED) is 0.739. The first-order valence-electron chi connectivity index (χ1n) is 8.27. The molecule has 0 aliphatic carbocycles. The monoisotopic (exact) mass is 343 g/mol. The van der Waals surface area contributed by atoms with Crippen molar-refractivity contribution in [3.05, 3.63) is 46.5 Å². The lowest BCUT2D eigenvalue weighted by Gasteiger charge is -2.13. The van der Waals surface area contributed by atoms with Gasteiger partial charge in [0.1, 0.15) is 0 Å². The predicted molar refractivity (Wildman–Crippen MR) is 92.9 cm³/mol. The SMILES string of the molecule is CCC(CC)n1c(=O)n(Cc2cncn2C)c2cc(C(=O)O)cnc21. The Bertz CT molecular complexity index is 978. The van der Waals surface area contributed by atoms with Gasteiger partial charge in [-0.15, -0.1) is 0 Å². The number of aromatic nitrogens is 5. The van der Waals surface area contributed by atoms with Gasteiger partial charge in [0.05, 0.1) is 29.6 Å². The van der Waals surface area contributed by atoms with Crippen molar-refractivity contribution >= 4 is 17.1 Å². The third-order valence-electron chi connectivity index (χ3n) is 4.59. The van der Waals surface area contributed by atoms with Crippen LogP contribution in [0.3, 0.4) is 0 Å². The van der Waals surface area contributed by atoms with Crippen LogP contribution in [0.4, 0.5) is 0 Å². The van der Waals surface area contributed by atoms with Crippen LogP contribution < -0.4 is 5.69 Å². The van der Waals surface area contributed by atoms with Gasteiger partial charge in [0.25, 0.3) is 0 Å². The number of rotatable bonds is 6. The highest BCUT2D eigenvalue weighted by molar-refractivity contribution is 5.91. The zero-order valence-corrected chi connectivity index (χ0v) is 14.5. The highest BCUT2D eigenvalue weighted by Crippen LogP contribution is 2.21. The highest BCUT2D eigenvalue weighted by Gasteiger charge is 2.21. The van der Waals surface area contributed by atoms with Crippen molar-refractivity contribution in [3.8, 4) is 0 Å². The van der Waals surface area contributed by atoms with E-state index in [2.05, 4.69) is 9.97 Å². The molecule has 3 heterocycles. The normalized spacial score (nSPS) is 11.5. The molecule has 8 nitrogen and oxygen atoms in total. The summed E-state index contributed by atoms with van der Waals surface area (Å²) in [4.78, 5) is 32.8. The molecule has 0 amide bonds. The molecule has 0 saturated heterocycles. The molecule has 3 rings (SSSR count). The van der Waals surface area contributed by atoms with Crippen molar-refractivity contribution in [3.63, 3.8) is 0 Å². The minimum absolute atomic E-state index is 0.0194. The summed E-state index contributed by atoms with van der Waals surface area (Å²) in [6, 6.07) is 1.53. The van der Waals surface area contributed by atoms with E-state index in [0.717, 1.165) is 18.5 Å². The van der Waals surface area contributed by atoms with E-state index in [1.54, 1.807) is 21.7 Å². The maximum absolute atomic E-state index is 13.1. The Labute approximate surface area is 144 Å². The molecule has 0 aliphatic heterocycles. The Morgan fingerprint density at radius 3 is 2.56 bits per heavy atom. The van der Waals surface area contributed by atoms with Gasteiger partial charge in [0.15, 0.2) is 5.65 Å². The van der Waals surface area contributed by atoms with Crippen LogP contribution in [0.1, 0.15) is 48.8 Å². The number of nitrogens with zero attached hydrogens (tertiary/aromatic N) is 5. The average Bonchev–Trinajstić information content (AvgIpc) is 3.12. The summed E-state index contributed by atoms with van der Waals surface area (Å²) in [5.41, 5.74) is 1.78. The molecule has 25 heavy (non-hydrogen) atoms. The molecule has 0 unspecified atom stereocenters. The van der Waals surface area contributed by atoms with E-state index in [-0.39, 0.29) is 17.3 Å². The Kier molecular flexibility index (Phi) is 4.43. The number of carboxylic acid groups (broad SMARTS) is 1. The minimum atomic E-state index is -1.07. The van der Waals surface area contributed by atoms with Gasteiger partial charge in [-0.1, -0.05) is 13.8 Å². The highest BCUT2D eigenvalue weighted by atomic mass is 16.4. The summed E-state index contributed by atoms with van der Waals surface area (Å²) >= 11 is 0. The number of imidazole rings is 2. The molecule has 0 fully saturated rings. The minimum Gasteiger partial charge on any atom is -0.478 e. The first kappa shape index (κ1) is 16.9. The van der Waals surface area contributed by atoms with Crippen LogP contribution in [0, 0.1) is 0 Å². The van der Waals surface area contributed by atoms with E-state index >= 15 is 0 Å². The van der Waals surface area contributed by atoms with E-state index in [9.17, 15) is 14.7 Å². The topological polar surface area (TPSA) is 94.9 Å². The summed E-state index contributed by atoms with van der Waals surface area (Å²) in [7, 11) is 1.86. The second kappa shape index (κ2) is 6.54. The molecule has 0 bridgehead atoms. The van der Waals surface area contributed by atoms with Crippen molar-refractivity contribution in [1.82, 2.24) is 23.7 Å². The molecule has 0 aromatic carbocycles. The van der Waals surface area contributed by atoms with Gasteiger partial charge in [0, 0.05) is 25.5 Å². The Balaban J connectivity index is 2.27. The molecule has 0 aliphatic rings. The van der Waals surface area contributed by atoms with Crippen molar-refractivity contribution in [1.29, 1.82) is 0 Å². The standard InChI is InChI=1S/C17H21N5O3/c1-4-12(5-2)22-15-14(6-11(7-19-15)16(23)24)21(17(22)25)9-13-8-18-10-20(13)3/h6-8,10,12H,4-5,9H2,1-3H3,(H,23,24). The van der Waals surface area contributed by atoms with Gasteiger partial charge in [-0.3, -0.25) is 9.13 Å². The lowest BCUT2D eigenvalue weighted by molar-refractivity contribution is 0.0696. The lowest BCUT2D eigenvalue weighted by atomic mass is 10.1. The molecule has 0 radical (unpaired) electrons. The summed E-state index contributed by atoms with van der Waals surface area (Å²) in [6.07, 6.45) is 6.26. The van der Waals surface area contributed by atoms with E-state index in [4.69, 9.17) is 0 Å². The van der Waals surface area contributed by atoms with E-state index in [0.29, 0.717) is 17.7 Å². The van der Waals surface area contributed by atoms with E-state index in [1.807, 2.05) is 25.5 Å². The number of aryl methyl sites for hydroxylation is 1. The number of carboxylic acids is 1. The Hall–Kier alpha value is -2.90. The zero-order valence-electron chi connectivity index (χ0n) is 14.5. The molecule has 8 heteroatoms. The third-order valence-corrected chi connectivity index (χ3v) is 4.59. The Morgan fingerprint density at radius 1 is 1.28 bits per heavy atom. The molecule has 0 saturated carbocycles. The maximum Gasteiger partial charge on any atom is 0.337 e. The van der Waals surface area contributed by atoms with Crippen LogP contribution >= 0.6 is 0 Å². The first-order chi connectivity index (χ1) is 12.0. The van der Waals surface area contributed by atoms with Gasteiger partial charge in [-0.05, 0) is 18.9 Å². The molecule has 3 aromatic heterocycles. The van der Waals surface area contributed by atoms with Crippen molar-refractivity contribution in [2.24, 2.45) is 7.05 Å². The Morgan fingerprint density at radius 2 is 2.00 bits per heavy atom. The lowest BCUT2D eigenvalue weighted by Crippen LogP contribution is -2.28. The predicted octanol–water partition coefficient (Wildman–Crippen LogP) is 2.04. The zero-order chi connectivity index (χ0) is 18.1. The number of carbonyl (C=O) groups is 1. The summed E-state index contributed by atoms with van der Waals surface area (Å²) in [5.74, 6) is -1.07. The van der Waals surface area contributed by atoms with Crippen LogP contribution in [0.25, 0.3) is 11.2 Å². The molecular formula is C17H21N5O3. The fourth-order valence-electron chi connectivity index (χ4n) is 3.11. The number of hydrogen-bond acceptors (Lipinski definition) is 4. The van der Waals surface area contributed by atoms with E-state index in [1.165, 1.54) is 12.3 Å². The fraction of sp³-hybridized carbons (Fsp3) is 0.412. The van der Waals surface area contributed by atoms with Crippen molar-refractivity contribution in [2.45, 2.75) is 39.3 Å². The van der Waals surface area contributed by atoms with Crippen LogP contribution in [0.15, 0.2) is 29.6 Å². The summed E-state index contributed by atoms with van der Waals surface area (Å²) in [6.45, 7) is 4.36. The molecule has 132 valence electrons. The second-order valence-corrected chi connectivity index (χ2v) is 6.08. The van der Waals surface area contributed by atoms with Crippen LogP contribution in [-0.2, 0) is 13.6 Å². The summed E-state index contributed by atoms with van der Waals surface area (Å²) in [5, 5.41) is 9.27. The number of hydrogen-bond donors (Lipinski definition) is 1. The molecule has 3 aromatic rings. The number of pyridine rings is 1. The number of aromatic carboxylic acids is 1. The second-order valence-electron chi connectivity index (χ2n) is 6.08. The largest absolute Gasteiger partial charge is 0.478 e. The van der Waals surface area contributed by atoms with Gasteiger partial charge < -0.3 is 9.67 Å². The molecule has 0 spiro atoms. The van der Waals surface area contributed by atoms with E-state index < -0.39 is 5.97 Å². The fourth-order valence-corrected chi connectivity index (χ4v) is 3.11. The molecule has 1 N–H and O–H groups in total. The van der Waals surface area contributed by atoms with Gasteiger partial charge in [-0.2, -0.15) is 0 Å². The van der Waals surface area contributed by atoms with Gasteiger partial charge in [0.2, 0.25) is 0 Å². The van der Waals surface area contributed by atoms with Crippen molar-refractivity contribution in [2.75, 3.05) is 0 Å². The first-order valence-corrected chi connectivity index (χ1v) is 8.27. The average molecular weight is 343 g/mol. The maximum atomic E-state index is 13.1. The van der Waals surface area contributed by atoms with Crippen LogP contribution in [0.2, 0.25) is 0 Å². The third kappa shape index (κ3) is 2.84. The number of fused-ring (bicyclic) bond motifs is 1. The molecule has 0 atom stereocenters. The summed E-state index contributed by atoms with van der Waals surface area (Å²) < 4.78 is 5.09. The van der Waals surface area contributed by atoms with Crippen LogP contribution in [0.5, 0.6) is 0 Å². The molecular weight excluding hydrogens is 322 g/mol. The van der Waals surface area contributed by atoms with Crippen molar-refractivity contribution < 1.29 is 9.90 Å².